The Morgan fingerprint density at radius 3 is 2.36 bits per heavy atom. The third-order valence-corrected chi connectivity index (χ3v) is 9.41. The minimum atomic E-state index is -1.49. The summed E-state index contributed by atoms with van der Waals surface area (Å²) in [7, 11) is 0. The molecule has 0 N–H and O–H groups in total. The molecule has 0 heterocycles. The number of esters is 3. The van der Waals surface area contributed by atoms with Crippen LogP contribution in [0.15, 0.2) is 23.8 Å². The molecule has 8 nitrogen and oxygen atoms in total. The first kappa shape index (κ1) is 26.3. The highest BCUT2D eigenvalue weighted by Crippen LogP contribution is 2.69. The summed E-state index contributed by atoms with van der Waals surface area (Å²) in [6, 6.07) is 0. The molecule has 0 aromatic heterocycles. The number of hydrogen-bond donors (Lipinski definition) is 0. The molecule has 4 rings (SSSR count). The minimum absolute atomic E-state index is 0.00166. The predicted molar refractivity (Wildman–Crippen MR) is 128 cm³/mol. The zero-order valence-electron chi connectivity index (χ0n) is 21.9. The molecule has 8 atom stereocenters. The fourth-order valence-electron chi connectivity index (χ4n) is 8.24. The fraction of sp³-hybridized carbons (Fsp3) is 0.679. The smallest absolute Gasteiger partial charge is 0.303 e. The first-order chi connectivity index (χ1) is 16.7. The van der Waals surface area contributed by atoms with E-state index in [1.54, 1.807) is 12.2 Å². The predicted octanol–water partition coefficient (Wildman–Crippen LogP) is 3.52. The van der Waals surface area contributed by atoms with Gasteiger partial charge in [0.15, 0.2) is 18.0 Å². The van der Waals surface area contributed by atoms with Gasteiger partial charge in [-0.1, -0.05) is 32.4 Å². The lowest BCUT2D eigenvalue weighted by atomic mass is 9.44. The molecule has 4 aliphatic rings. The quantitative estimate of drug-likeness (QED) is 0.416. The zero-order valence-corrected chi connectivity index (χ0v) is 21.9. The topological polar surface area (TPSA) is 113 Å². The summed E-state index contributed by atoms with van der Waals surface area (Å²) in [4.78, 5) is 62.0. The molecule has 0 aromatic carbocycles. The lowest BCUT2D eigenvalue weighted by molar-refractivity contribution is -0.206. The van der Waals surface area contributed by atoms with Crippen LogP contribution in [-0.4, -0.2) is 47.8 Å². The van der Waals surface area contributed by atoms with E-state index in [0.717, 1.165) is 12.0 Å². The molecule has 0 bridgehead atoms. The van der Waals surface area contributed by atoms with Gasteiger partial charge in [0.25, 0.3) is 0 Å². The molecule has 0 saturated heterocycles. The molecule has 0 amide bonds. The summed E-state index contributed by atoms with van der Waals surface area (Å²) in [5.41, 5.74) is -1.75. The van der Waals surface area contributed by atoms with E-state index in [2.05, 4.69) is 13.8 Å². The monoisotopic (exact) mass is 500 g/mol. The molecule has 4 aliphatic carbocycles. The Hall–Kier alpha value is -2.77. The molecular formula is C28H36O8. The van der Waals surface area contributed by atoms with E-state index in [1.165, 1.54) is 20.8 Å². The van der Waals surface area contributed by atoms with E-state index in [1.807, 2.05) is 13.0 Å². The van der Waals surface area contributed by atoms with Crippen molar-refractivity contribution in [3.05, 3.63) is 23.8 Å². The van der Waals surface area contributed by atoms with Crippen molar-refractivity contribution in [2.45, 2.75) is 78.9 Å². The molecule has 196 valence electrons. The number of carbonyl (C=O) groups is 5. The van der Waals surface area contributed by atoms with Gasteiger partial charge in [-0.2, -0.15) is 0 Å². The molecule has 0 radical (unpaired) electrons. The van der Waals surface area contributed by atoms with Crippen molar-refractivity contribution in [3.8, 4) is 0 Å². The third kappa shape index (κ3) is 3.93. The van der Waals surface area contributed by atoms with E-state index >= 15 is 0 Å². The molecule has 36 heavy (non-hydrogen) atoms. The highest BCUT2D eigenvalue weighted by atomic mass is 16.6. The fourth-order valence-corrected chi connectivity index (χ4v) is 8.24. The third-order valence-electron chi connectivity index (χ3n) is 9.41. The van der Waals surface area contributed by atoms with Crippen LogP contribution in [-0.2, 0) is 38.2 Å². The van der Waals surface area contributed by atoms with E-state index < -0.39 is 52.8 Å². The molecule has 0 aliphatic heterocycles. The highest BCUT2D eigenvalue weighted by Gasteiger charge is 2.71. The van der Waals surface area contributed by atoms with Gasteiger partial charge in [-0.25, -0.2) is 0 Å². The lowest BCUT2D eigenvalue weighted by Crippen LogP contribution is -2.64. The van der Waals surface area contributed by atoms with Gasteiger partial charge in [0.1, 0.15) is 6.10 Å². The first-order valence-electron chi connectivity index (χ1n) is 12.7. The van der Waals surface area contributed by atoms with Crippen molar-refractivity contribution in [2.75, 3.05) is 6.61 Å². The Balaban J connectivity index is 1.83. The van der Waals surface area contributed by atoms with Gasteiger partial charge >= 0.3 is 17.9 Å². The summed E-state index contributed by atoms with van der Waals surface area (Å²) >= 11 is 0. The highest BCUT2D eigenvalue weighted by molar-refractivity contribution is 6.01. The molecule has 0 unspecified atom stereocenters. The van der Waals surface area contributed by atoms with Gasteiger partial charge in [0.05, 0.1) is 0 Å². The van der Waals surface area contributed by atoms with Gasteiger partial charge in [-0.3, -0.25) is 24.0 Å². The average molecular weight is 501 g/mol. The molecular weight excluding hydrogens is 464 g/mol. The standard InChI is InChI=1S/C28H36O8/c1-15-11-20-21-8-10-28(36-18(4)31,24(33)14-34-16(2)29)27(21,6)13-23(35-17(3)30)25(20)26(5)9-7-19(32)12-22(15)26/h7,9,12,15,20-21,23,25H,8,10-11,13-14H2,1-6H3/t15-,20-,21+,23+,25-,26-,27-,28-/m0/s1. The maximum Gasteiger partial charge on any atom is 0.303 e. The molecule has 0 aromatic rings. The van der Waals surface area contributed by atoms with Crippen molar-refractivity contribution in [1.29, 1.82) is 0 Å². The van der Waals surface area contributed by atoms with Crippen LogP contribution >= 0.6 is 0 Å². The van der Waals surface area contributed by atoms with Crippen LogP contribution in [0.1, 0.15) is 67.2 Å². The maximum absolute atomic E-state index is 13.6. The lowest BCUT2D eigenvalue weighted by Gasteiger charge is -2.61. The minimum Gasteiger partial charge on any atom is -0.462 e. The van der Waals surface area contributed by atoms with Gasteiger partial charge in [0, 0.05) is 37.5 Å². The second kappa shape index (κ2) is 8.96. The van der Waals surface area contributed by atoms with Crippen LogP contribution < -0.4 is 0 Å². The summed E-state index contributed by atoms with van der Waals surface area (Å²) in [5, 5.41) is 0. The van der Waals surface area contributed by atoms with Gasteiger partial charge in [-0.05, 0) is 55.6 Å². The summed E-state index contributed by atoms with van der Waals surface area (Å²) in [6.07, 6.45) is 6.76. The Morgan fingerprint density at radius 2 is 1.75 bits per heavy atom. The van der Waals surface area contributed by atoms with E-state index in [4.69, 9.17) is 14.2 Å². The van der Waals surface area contributed by atoms with Crippen molar-refractivity contribution in [3.63, 3.8) is 0 Å². The SMILES string of the molecule is CC(=O)OCC(=O)[C@@]1(OC(C)=O)CC[C@@H]2[C@@H]3C[C@H](C)C4=CC(=O)C=C[C@]4(C)[C@@H]3[C@H](OC(C)=O)C[C@@]21C. The molecule has 3 saturated carbocycles. The molecule has 3 fully saturated rings. The van der Waals surface area contributed by atoms with Crippen molar-refractivity contribution >= 4 is 29.5 Å². The second-order valence-electron chi connectivity index (χ2n) is 11.5. The van der Waals surface area contributed by atoms with Gasteiger partial charge < -0.3 is 14.2 Å². The number of carbonyl (C=O) groups excluding carboxylic acids is 5. The largest absolute Gasteiger partial charge is 0.462 e. The zero-order chi connectivity index (χ0) is 26.6. The number of rotatable bonds is 5. The van der Waals surface area contributed by atoms with Crippen molar-refractivity contribution in [2.24, 2.45) is 34.5 Å². The van der Waals surface area contributed by atoms with Crippen LogP contribution in [0.25, 0.3) is 0 Å². The number of allylic oxidation sites excluding steroid dienone is 4. The second-order valence-corrected chi connectivity index (χ2v) is 11.5. The number of Topliss-reactive ketones (excluding diaryl/α,β-unsaturated/α-hetero) is 1. The van der Waals surface area contributed by atoms with Crippen LogP contribution in [0, 0.1) is 34.5 Å². The maximum atomic E-state index is 13.6. The average Bonchev–Trinajstić information content (AvgIpc) is 3.05. The Labute approximate surface area is 211 Å². The van der Waals surface area contributed by atoms with E-state index in [9.17, 15) is 24.0 Å². The van der Waals surface area contributed by atoms with Gasteiger partial charge in [0.2, 0.25) is 5.78 Å². The Morgan fingerprint density at radius 1 is 1.06 bits per heavy atom. The van der Waals surface area contributed by atoms with Crippen molar-refractivity contribution in [1.82, 2.24) is 0 Å². The van der Waals surface area contributed by atoms with E-state index in [-0.39, 0.29) is 29.5 Å². The number of fused-ring (bicyclic) bond motifs is 5. The Kier molecular flexibility index (Phi) is 6.55. The number of ether oxygens (including phenoxy) is 3. The molecule has 0 spiro atoms. The van der Waals surface area contributed by atoms with Gasteiger partial charge in [-0.15, -0.1) is 0 Å². The Bertz CT molecular complexity index is 1070. The van der Waals surface area contributed by atoms with Crippen LogP contribution in [0.4, 0.5) is 0 Å². The van der Waals surface area contributed by atoms with E-state index in [0.29, 0.717) is 19.3 Å². The first-order valence-corrected chi connectivity index (χ1v) is 12.7. The summed E-state index contributed by atoms with van der Waals surface area (Å²) < 4.78 is 16.9. The summed E-state index contributed by atoms with van der Waals surface area (Å²) in [6.45, 7) is 9.55. The molecule has 8 heteroatoms. The van der Waals surface area contributed by atoms with Crippen molar-refractivity contribution < 1.29 is 38.2 Å². The summed E-state index contributed by atoms with van der Waals surface area (Å²) in [5.74, 6) is -2.00. The van der Waals surface area contributed by atoms with Crippen LogP contribution in [0.3, 0.4) is 0 Å². The number of ketones is 2. The van der Waals surface area contributed by atoms with Crippen LogP contribution in [0.5, 0.6) is 0 Å². The number of hydrogen-bond acceptors (Lipinski definition) is 8. The van der Waals surface area contributed by atoms with Crippen LogP contribution in [0.2, 0.25) is 0 Å². The normalized spacial score (nSPS) is 40.8.